The molecular weight excluding hydrogens is 350 g/mol. The fraction of sp³-hybridized carbons (Fsp3) is 0.316. The summed E-state index contributed by atoms with van der Waals surface area (Å²) in [6, 6.07) is 8.78. The Balaban J connectivity index is 1.50. The first-order valence-corrected chi connectivity index (χ1v) is 8.92. The predicted octanol–water partition coefficient (Wildman–Crippen LogP) is 2.51. The van der Waals surface area contributed by atoms with E-state index in [1.165, 1.54) is 17.3 Å². The number of imidazole rings is 1. The van der Waals surface area contributed by atoms with Gasteiger partial charge in [-0.25, -0.2) is 9.97 Å². The predicted molar refractivity (Wildman–Crippen MR) is 100 cm³/mol. The van der Waals surface area contributed by atoms with Crippen molar-refractivity contribution in [2.24, 2.45) is 0 Å². The van der Waals surface area contributed by atoms with Gasteiger partial charge >= 0.3 is 0 Å². The highest BCUT2D eigenvalue weighted by Gasteiger charge is 2.26. The molecular formula is C19H20ClN5O. The summed E-state index contributed by atoms with van der Waals surface area (Å²) in [6.07, 6.45) is 5.83. The lowest BCUT2D eigenvalue weighted by atomic mass is 9.94. The van der Waals surface area contributed by atoms with E-state index >= 15 is 0 Å². The first-order valence-electron chi connectivity index (χ1n) is 8.54. The lowest BCUT2D eigenvalue weighted by Gasteiger charge is -2.36. The third kappa shape index (κ3) is 3.18. The molecule has 7 heteroatoms. The highest BCUT2D eigenvalue weighted by Crippen LogP contribution is 2.22. The monoisotopic (exact) mass is 369 g/mol. The second-order valence-corrected chi connectivity index (χ2v) is 7.27. The van der Waals surface area contributed by atoms with E-state index in [9.17, 15) is 4.79 Å². The SMILES string of the molecule is CN(C[C@@H]1Cc2ccccc2CN1C)C(=O)c1cn2cc(Cl)cnc2n1. The minimum Gasteiger partial charge on any atom is -0.339 e. The zero-order valence-electron chi connectivity index (χ0n) is 14.8. The Bertz CT molecular complexity index is 969. The Hall–Kier alpha value is -2.44. The molecule has 0 bridgehead atoms. The number of fused-ring (bicyclic) bond motifs is 2. The molecule has 0 saturated heterocycles. The molecule has 1 aliphatic heterocycles. The Morgan fingerprint density at radius 2 is 2.08 bits per heavy atom. The number of likely N-dealkylation sites (N-methyl/N-ethyl adjacent to an activating group) is 2. The van der Waals surface area contributed by atoms with Crippen LogP contribution in [-0.4, -0.2) is 56.8 Å². The van der Waals surface area contributed by atoms with Crippen LogP contribution in [0.15, 0.2) is 42.9 Å². The van der Waals surface area contributed by atoms with Gasteiger partial charge in [0.15, 0.2) is 0 Å². The summed E-state index contributed by atoms with van der Waals surface area (Å²) in [5, 5.41) is 0.504. The van der Waals surface area contributed by atoms with Gasteiger partial charge in [0, 0.05) is 38.6 Å². The maximum absolute atomic E-state index is 12.8. The number of carbonyl (C=O) groups is 1. The summed E-state index contributed by atoms with van der Waals surface area (Å²) in [7, 11) is 3.93. The van der Waals surface area contributed by atoms with Gasteiger partial charge < -0.3 is 4.90 Å². The van der Waals surface area contributed by atoms with Crippen LogP contribution in [0.25, 0.3) is 5.78 Å². The van der Waals surface area contributed by atoms with Gasteiger partial charge in [0.25, 0.3) is 5.91 Å². The molecule has 1 amide bonds. The van der Waals surface area contributed by atoms with Crippen LogP contribution in [0.5, 0.6) is 0 Å². The van der Waals surface area contributed by atoms with Crippen LogP contribution < -0.4 is 0 Å². The van der Waals surface area contributed by atoms with Crippen LogP contribution in [0.4, 0.5) is 0 Å². The van der Waals surface area contributed by atoms with E-state index in [4.69, 9.17) is 11.6 Å². The Morgan fingerprint density at radius 3 is 2.88 bits per heavy atom. The summed E-state index contributed by atoms with van der Waals surface area (Å²) in [5.41, 5.74) is 3.10. The number of hydrogen-bond donors (Lipinski definition) is 0. The molecule has 6 nitrogen and oxygen atoms in total. The lowest BCUT2D eigenvalue weighted by Crippen LogP contribution is -2.46. The average Bonchev–Trinajstić information content (AvgIpc) is 3.04. The number of carbonyl (C=O) groups excluding carboxylic acids is 1. The van der Waals surface area contributed by atoms with E-state index < -0.39 is 0 Å². The van der Waals surface area contributed by atoms with Crippen molar-refractivity contribution in [3.63, 3.8) is 0 Å². The summed E-state index contributed by atoms with van der Waals surface area (Å²) < 4.78 is 1.67. The van der Waals surface area contributed by atoms with E-state index in [2.05, 4.69) is 46.2 Å². The van der Waals surface area contributed by atoms with Crippen molar-refractivity contribution in [2.45, 2.75) is 19.0 Å². The minimum absolute atomic E-state index is 0.112. The van der Waals surface area contributed by atoms with Crippen LogP contribution in [0.2, 0.25) is 5.02 Å². The number of aromatic nitrogens is 3. The number of amides is 1. The van der Waals surface area contributed by atoms with E-state index in [1.54, 1.807) is 21.7 Å². The van der Waals surface area contributed by atoms with Crippen LogP contribution in [0.1, 0.15) is 21.6 Å². The summed E-state index contributed by atoms with van der Waals surface area (Å²) in [4.78, 5) is 25.3. The molecule has 0 aliphatic carbocycles. The molecule has 3 heterocycles. The number of halogens is 1. The highest BCUT2D eigenvalue weighted by molar-refractivity contribution is 6.30. The number of benzene rings is 1. The molecule has 0 radical (unpaired) electrons. The Kier molecular flexibility index (Phi) is 4.38. The summed E-state index contributed by atoms with van der Waals surface area (Å²) in [5.74, 6) is 0.355. The van der Waals surface area contributed by atoms with Crippen molar-refractivity contribution in [2.75, 3.05) is 20.6 Å². The maximum atomic E-state index is 12.8. The standard InChI is InChI=1S/C19H20ClN5O/c1-23-9-14-6-4-3-5-13(14)7-16(23)11-24(2)18(26)17-12-25-10-15(20)8-21-19(25)22-17/h3-6,8,10,12,16H,7,9,11H2,1-2H3/t16-/m0/s1. The molecule has 3 aromatic rings. The van der Waals surface area contributed by atoms with Gasteiger partial charge in [-0.05, 0) is 24.6 Å². The van der Waals surface area contributed by atoms with E-state index in [0.29, 0.717) is 23.0 Å². The van der Waals surface area contributed by atoms with Gasteiger partial charge in [-0.15, -0.1) is 0 Å². The van der Waals surface area contributed by atoms with Gasteiger partial charge in [-0.1, -0.05) is 35.9 Å². The zero-order valence-corrected chi connectivity index (χ0v) is 15.5. The summed E-state index contributed by atoms with van der Waals surface area (Å²) in [6.45, 7) is 1.55. The smallest absolute Gasteiger partial charge is 0.273 e. The van der Waals surface area contributed by atoms with Crippen LogP contribution in [-0.2, 0) is 13.0 Å². The quantitative estimate of drug-likeness (QED) is 0.712. The highest BCUT2D eigenvalue weighted by atomic mass is 35.5. The van der Waals surface area contributed by atoms with Crippen LogP contribution in [0, 0.1) is 0 Å². The number of rotatable bonds is 3. The van der Waals surface area contributed by atoms with Crippen molar-refractivity contribution < 1.29 is 4.79 Å². The Morgan fingerprint density at radius 1 is 1.31 bits per heavy atom. The molecule has 26 heavy (non-hydrogen) atoms. The largest absolute Gasteiger partial charge is 0.339 e. The molecule has 2 aromatic heterocycles. The first-order chi connectivity index (χ1) is 12.5. The van der Waals surface area contributed by atoms with Crippen LogP contribution >= 0.6 is 11.6 Å². The fourth-order valence-electron chi connectivity index (χ4n) is 3.48. The van der Waals surface area contributed by atoms with Gasteiger partial charge in [0.1, 0.15) is 5.69 Å². The molecule has 0 unspecified atom stereocenters. The number of nitrogens with zero attached hydrogens (tertiary/aromatic N) is 5. The fourth-order valence-corrected chi connectivity index (χ4v) is 3.63. The maximum Gasteiger partial charge on any atom is 0.273 e. The van der Waals surface area contributed by atoms with Crippen molar-refractivity contribution in [1.82, 2.24) is 24.2 Å². The minimum atomic E-state index is -0.112. The molecule has 0 spiro atoms. The lowest BCUT2D eigenvalue weighted by molar-refractivity contribution is 0.0728. The third-order valence-electron chi connectivity index (χ3n) is 4.95. The third-order valence-corrected chi connectivity index (χ3v) is 5.14. The topological polar surface area (TPSA) is 53.7 Å². The van der Waals surface area contributed by atoms with Gasteiger partial charge in [0.05, 0.1) is 11.2 Å². The molecule has 1 atom stereocenters. The summed E-state index contributed by atoms with van der Waals surface area (Å²) >= 11 is 5.94. The Labute approximate surface area is 157 Å². The van der Waals surface area contributed by atoms with Gasteiger partial charge in [-0.2, -0.15) is 0 Å². The van der Waals surface area contributed by atoms with Crippen molar-refractivity contribution in [1.29, 1.82) is 0 Å². The molecule has 0 saturated carbocycles. The van der Waals surface area contributed by atoms with Crippen molar-refractivity contribution in [3.05, 3.63) is 64.7 Å². The van der Waals surface area contributed by atoms with Crippen molar-refractivity contribution >= 4 is 23.3 Å². The molecule has 0 N–H and O–H groups in total. The zero-order chi connectivity index (χ0) is 18.3. The average molecular weight is 370 g/mol. The second kappa shape index (κ2) is 6.70. The first kappa shape index (κ1) is 17.0. The van der Waals surface area contributed by atoms with Gasteiger partial charge in [0.2, 0.25) is 5.78 Å². The number of hydrogen-bond acceptors (Lipinski definition) is 4. The van der Waals surface area contributed by atoms with E-state index in [-0.39, 0.29) is 11.9 Å². The van der Waals surface area contributed by atoms with Crippen LogP contribution in [0.3, 0.4) is 0 Å². The normalized spacial score (nSPS) is 17.3. The van der Waals surface area contributed by atoms with Crippen molar-refractivity contribution in [3.8, 4) is 0 Å². The molecule has 134 valence electrons. The second-order valence-electron chi connectivity index (χ2n) is 6.83. The van der Waals surface area contributed by atoms with E-state index in [1.807, 2.05) is 7.05 Å². The molecule has 0 fully saturated rings. The molecule has 4 rings (SSSR count). The van der Waals surface area contributed by atoms with Gasteiger partial charge in [-0.3, -0.25) is 14.1 Å². The molecule has 1 aliphatic rings. The van der Waals surface area contributed by atoms with E-state index in [0.717, 1.165) is 13.0 Å². The molecule has 1 aromatic carbocycles.